The van der Waals surface area contributed by atoms with Crippen molar-refractivity contribution in [3.05, 3.63) is 29.8 Å². The lowest BCUT2D eigenvalue weighted by Crippen LogP contribution is -2.62. The minimum Gasteiger partial charge on any atom is -0.497 e. The Morgan fingerprint density at radius 1 is 1.10 bits per heavy atom. The standard InChI is InChI=1S/C26H35NO4/c1-24-12-11-22(28)27-21(24)8-7-18-19(24)9-13-25(2)20(18)10-14-26(25,23(29)30)16-5-4-6-17(15-16)31-3/h4-6,15,18-21H,7-14H2,1-3H3,(H,27,28)(H,29,30)/t18-,19-,20+,21?,24-,25+,26?/m1/s1. The van der Waals surface area contributed by atoms with Crippen LogP contribution in [0.3, 0.4) is 0 Å². The fourth-order valence-corrected chi connectivity index (χ4v) is 8.58. The van der Waals surface area contributed by atoms with Gasteiger partial charge >= 0.3 is 5.97 Å². The van der Waals surface area contributed by atoms with Crippen LogP contribution >= 0.6 is 0 Å². The lowest BCUT2D eigenvalue weighted by Gasteiger charge is -2.61. The van der Waals surface area contributed by atoms with Crippen molar-refractivity contribution in [2.75, 3.05) is 7.11 Å². The van der Waals surface area contributed by atoms with Gasteiger partial charge in [0.05, 0.1) is 12.5 Å². The second-order valence-electron chi connectivity index (χ2n) is 11.0. The van der Waals surface area contributed by atoms with Gasteiger partial charge in [0.15, 0.2) is 0 Å². The predicted molar refractivity (Wildman–Crippen MR) is 118 cm³/mol. The topological polar surface area (TPSA) is 75.6 Å². The zero-order chi connectivity index (χ0) is 22.0. The van der Waals surface area contributed by atoms with Gasteiger partial charge in [-0.05, 0) is 91.2 Å². The van der Waals surface area contributed by atoms with E-state index in [-0.39, 0.29) is 22.8 Å². The van der Waals surface area contributed by atoms with Gasteiger partial charge in [-0.2, -0.15) is 0 Å². The van der Waals surface area contributed by atoms with Gasteiger partial charge in [-0.3, -0.25) is 9.59 Å². The van der Waals surface area contributed by atoms with Gasteiger partial charge in [0.1, 0.15) is 5.75 Å². The molecule has 1 aliphatic heterocycles. The van der Waals surface area contributed by atoms with E-state index < -0.39 is 11.4 Å². The summed E-state index contributed by atoms with van der Waals surface area (Å²) < 4.78 is 5.45. The molecule has 4 aliphatic rings. The highest BCUT2D eigenvalue weighted by Crippen LogP contribution is 2.69. The number of hydrogen-bond donors (Lipinski definition) is 2. The van der Waals surface area contributed by atoms with E-state index in [1.54, 1.807) is 7.11 Å². The third-order valence-corrected chi connectivity index (χ3v) is 10.2. The average molecular weight is 426 g/mol. The van der Waals surface area contributed by atoms with Gasteiger partial charge < -0.3 is 15.2 Å². The molecule has 4 fully saturated rings. The molecular weight excluding hydrogens is 390 g/mol. The number of methoxy groups -OCH3 is 1. The Bertz CT molecular complexity index is 914. The van der Waals surface area contributed by atoms with E-state index >= 15 is 0 Å². The van der Waals surface area contributed by atoms with Gasteiger partial charge in [0.25, 0.3) is 0 Å². The van der Waals surface area contributed by atoms with Crippen LogP contribution in [0, 0.1) is 28.6 Å². The maximum Gasteiger partial charge on any atom is 0.314 e. The number of aliphatic carboxylic acids is 1. The van der Waals surface area contributed by atoms with Crippen molar-refractivity contribution in [1.82, 2.24) is 5.32 Å². The van der Waals surface area contributed by atoms with Crippen molar-refractivity contribution < 1.29 is 19.4 Å². The van der Waals surface area contributed by atoms with Crippen LogP contribution < -0.4 is 10.1 Å². The number of hydrogen-bond acceptors (Lipinski definition) is 3. The summed E-state index contributed by atoms with van der Waals surface area (Å²) in [6.07, 6.45) is 7.35. The van der Waals surface area contributed by atoms with Crippen molar-refractivity contribution in [3.8, 4) is 5.75 Å². The molecular formula is C26H35NO4. The summed E-state index contributed by atoms with van der Waals surface area (Å²) in [5, 5.41) is 13.9. The molecule has 0 spiro atoms. The van der Waals surface area contributed by atoms with Gasteiger partial charge in [-0.25, -0.2) is 0 Å². The molecule has 31 heavy (non-hydrogen) atoms. The van der Waals surface area contributed by atoms with Crippen LogP contribution in [-0.2, 0) is 15.0 Å². The maximum absolute atomic E-state index is 13.0. The molecule has 0 bridgehead atoms. The zero-order valence-corrected chi connectivity index (χ0v) is 18.9. The SMILES string of the molecule is COc1cccc(C2(C(=O)O)CC[C@H]3[C@@H]4CCC5NC(=O)CC[C@]5(C)[C@@H]4CC[C@@]32C)c1. The van der Waals surface area contributed by atoms with Gasteiger partial charge in [0.2, 0.25) is 5.91 Å². The van der Waals surface area contributed by atoms with Gasteiger partial charge in [0, 0.05) is 12.5 Å². The van der Waals surface area contributed by atoms with Crippen molar-refractivity contribution in [3.63, 3.8) is 0 Å². The minimum atomic E-state index is -0.865. The first-order valence-corrected chi connectivity index (χ1v) is 11.9. The molecule has 2 unspecified atom stereocenters. The highest BCUT2D eigenvalue weighted by atomic mass is 16.5. The fraction of sp³-hybridized carbons (Fsp3) is 0.692. The number of nitrogens with one attached hydrogen (secondary N) is 1. The van der Waals surface area contributed by atoms with Crippen molar-refractivity contribution >= 4 is 11.9 Å². The number of carboxylic acids is 1. The summed E-state index contributed by atoms with van der Waals surface area (Å²) in [4.78, 5) is 25.0. The molecule has 1 saturated heterocycles. The van der Waals surface area contributed by atoms with Crippen LogP contribution in [-0.4, -0.2) is 30.1 Å². The third kappa shape index (κ3) is 2.67. The number of carbonyl (C=O) groups excluding carboxylic acids is 1. The molecule has 7 atom stereocenters. The number of amides is 1. The number of piperidine rings is 1. The normalized spacial score (nSPS) is 43.9. The second kappa shape index (κ2) is 6.98. The fourth-order valence-electron chi connectivity index (χ4n) is 8.58. The Kier molecular flexibility index (Phi) is 4.69. The lowest BCUT2D eigenvalue weighted by molar-refractivity contribution is -0.157. The van der Waals surface area contributed by atoms with Crippen LogP contribution in [0.25, 0.3) is 0 Å². The summed E-state index contributed by atoms with van der Waals surface area (Å²) in [6.45, 7) is 4.64. The molecule has 0 radical (unpaired) electrons. The summed E-state index contributed by atoms with van der Waals surface area (Å²) in [5.41, 5.74) is -0.0983. The summed E-state index contributed by atoms with van der Waals surface area (Å²) in [5.74, 6) is 1.76. The first-order valence-electron chi connectivity index (χ1n) is 11.9. The minimum absolute atomic E-state index is 0.141. The Labute approximate surface area is 184 Å². The highest BCUT2D eigenvalue weighted by Gasteiger charge is 2.68. The van der Waals surface area contributed by atoms with Crippen LogP contribution in [0.15, 0.2) is 24.3 Å². The smallest absolute Gasteiger partial charge is 0.314 e. The number of rotatable bonds is 3. The Morgan fingerprint density at radius 3 is 2.61 bits per heavy atom. The van der Waals surface area contributed by atoms with Gasteiger partial charge in [-0.15, -0.1) is 0 Å². The van der Waals surface area contributed by atoms with E-state index in [0.29, 0.717) is 30.6 Å². The largest absolute Gasteiger partial charge is 0.497 e. The Balaban J connectivity index is 1.53. The molecule has 168 valence electrons. The van der Waals surface area contributed by atoms with E-state index in [4.69, 9.17) is 4.74 Å². The number of carboxylic acid groups (broad SMARTS) is 1. The quantitative estimate of drug-likeness (QED) is 0.746. The highest BCUT2D eigenvalue weighted by molar-refractivity contribution is 5.83. The first-order chi connectivity index (χ1) is 14.8. The summed E-state index contributed by atoms with van der Waals surface area (Å²) in [6, 6.07) is 8.04. The summed E-state index contributed by atoms with van der Waals surface area (Å²) >= 11 is 0. The Hall–Kier alpha value is -2.04. The van der Waals surface area contributed by atoms with Crippen LogP contribution in [0.4, 0.5) is 0 Å². The second-order valence-corrected chi connectivity index (χ2v) is 11.0. The molecule has 1 heterocycles. The number of fused-ring (bicyclic) bond motifs is 5. The molecule has 3 aliphatic carbocycles. The molecule has 2 N–H and O–H groups in total. The molecule has 1 amide bonds. The lowest BCUT2D eigenvalue weighted by atomic mass is 9.45. The number of benzene rings is 1. The molecule has 1 aromatic rings. The van der Waals surface area contributed by atoms with Crippen LogP contribution in [0.5, 0.6) is 5.75 Å². The van der Waals surface area contributed by atoms with Gasteiger partial charge in [-0.1, -0.05) is 26.0 Å². The van der Waals surface area contributed by atoms with E-state index in [1.165, 1.54) is 0 Å². The molecule has 1 aromatic carbocycles. The third-order valence-electron chi connectivity index (χ3n) is 10.2. The number of carbonyl (C=O) groups is 2. The summed E-state index contributed by atoms with van der Waals surface area (Å²) in [7, 11) is 1.64. The van der Waals surface area contributed by atoms with Crippen molar-refractivity contribution in [2.45, 2.75) is 76.7 Å². The molecule has 5 rings (SSSR count). The average Bonchev–Trinajstić information content (AvgIpc) is 3.08. The van der Waals surface area contributed by atoms with E-state index in [2.05, 4.69) is 19.2 Å². The molecule has 0 aromatic heterocycles. The van der Waals surface area contributed by atoms with Crippen molar-refractivity contribution in [2.24, 2.45) is 28.6 Å². The maximum atomic E-state index is 13.0. The molecule has 5 heteroatoms. The monoisotopic (exact) mass is 425 g/mol. The van der Waals surface area contributed by atoms with E-state index in [1.807, 2.05) is 24.3 Å². The van der Waals surface area contributed by atoms with Crippen molar-refractivity contribution in [1.29, 1.82) is 0 Å². The van der Waals surface area contributed by atoms with Crippen LogP contribution in [0.2, 0.25) is 0 Å². The zero-order valence-electron chi connectivity index (χ0n) is 18.9. The molecule has 3 saturated carbocycles. The number of ether oxygens (including phenoxy) is 1. The Morgan fingerprint density at radius 2 is 1.87 bits per heavy atom. The van der Waals surface area contributed by atoms with E-state index in [9.17, 15) is 14.7 Å². The predicted octanol–water partition coefficient (Wildman–Crippen LogP) is 4.54. The van der Waals surface area contributed by atoms with E-state index in [0.717, 1.165) is 49.8 Å². The van der Waals surface area contributed by atoms with Crippen LogP contribution in [0.1, 0.15) is 70.8 Å². The molecule has 5 nitrogen and oxygen atoms in total. The first kappa shape index (κ1) is 20.8.